The molecule has 0 amide bonds. The van der Waals surface area contributed by atoms with Crippen LogP contribution < -0.4 is 0 Å². The molecule has 20 heavy (non-hydrogen) atoms. The van der Waals surface area contributed by atoms with Gasteiger partial charge in [-0.3, -0.25) is 5.10 Å². The summed E-state index contributed by atoms with van der Waals surface area (Å²) in [4.78, 5) is 4.79. The lowest BCUT2D eigenvalue weighted by molar-refractivity contribution is 0.548. The topological polar surface area (TPSA) is 75.7 Å². The number of nitrogens with zero attached hydrogens (tertiary/aromatic N) is 2. The fourth-order valence-electron chi connectivity index (χ4n) is 1.76. The fraction of sp³-hybridized carbons (Fsp3) is 0.429. The SMILES string of the molecule is CC(C)(C)c1n[nH]c(Cc2ccc(S(C)(=O)=O)cc2)n1. The number of hydrogen-bond donors (Lipinski definition) is 1. The number of hydrogen-bond acceptors (Lipinski definition) is 4. The van der Waals surface area contributed by atoms with Gasteiger partial charge in [-0.1, -0.05) is 32.9 Å². The van der Waals surface area contributed by atoms with Crippen LogP contribution in [0.2, 0.25) is 0 Å². The molecule has 0 saturated carbocycles. The lowest BCUT2D eigenvalue weighted by atomic mass is 9.96. The van der Waals surface area contributed by atoms with Gasteiger partial charge < -0.3 is 0 Å². The van der Waals surface area contributed by atoms with Crippen LogP contribution in [0.15, 0.2) is 29.2 Å². The Labute approximate surface area is 119 Å². The number of benzene rings is 1. The molecule has 5 nitrogen and oxygen atoms in total. The monoisotopic (exact) mass is 293 g/mol. The number of H-pyrrole nitrogens is 1. The molecule has 2 aromatic rings. The van der Waals surface area contributed by atoms with Gasteiger partial charge in [0.05, 0.1) is 4.90 Å². The molecule has 108 valence electrons. The molecule has 0 aliphatic rings. The Morgan fingerprint density at radius 2 is 1.75 bits per heavy atom. The smallest absolute Gasteiger partial charge is 0.175 e. The minimum absolute atomic E-state index is 0.0884. The van der Waals surface area contributed by atoms with E-state index in [0.29, 0.717) is 11.3 Å². The minimum Gasteiger partial charge on any atom is -0.263 e. The van der Waals surface area contributed by atoms with Crippen molar-refractivity contribution in [3.8, 4) is 0 Å². The van der Waals surface area contributed by atoms with E-state index >= 15 is 0 Å². The number of rotatable bonds is 3. The molecule has 2 rings (SSSR count). The Bertz CT molecular complexity index is 695. The zero-order chi connectivity index (χ0) is 15.0. The molecule has 0 spiro atoms. The summed E-state index contributed by atoms with van der Waals surface area (Å²) in [5, 5.41) is 7.13. The Kier molecular flexibility index (Phi) is 3.69. The molecule has 0 fully saturated rings. The zero-order valence-corrected chi connectivity index (χ0v) is 13.0. The van der Waals surface area contributed by atoms with Crippen molar-refractivity contribution in [1.82, 2.24) is 15.2 Å². The van der Waals surface area contributed by atoms with Crippen LogP contribution in [0.4, 0.5) is 0 Å². The predicted octanol–water partition coefficient (Wildman–Crippen LogP) is 2.10. The van der Waals surface area contributed by atoms with Gasteiger partial charge in [0.25, 0.3) is 0 Å². The van der Waals surface area contributed by atoms with Gasteiger partial charge >= 0.3 is 0 Å². The first-order chi connectivity index (χ1) is 9.16. The van der Waals surface area contributed by atoms with Crippen LogP contribution in [0.25, 0.3) is 0 Å². The highest BCUT2D eigenvalue weighted by Crippen LogP contribution is 2.18. The van der Waals surface area contributed by atoms with E-state index in [1.807, 2.05) is 0 Å². The normalized spacial score (nSPS) is 12.6. The van der Waals surface area contributed by atoms with Crippen LogP contribution in [0.1, 0.15) is 38.0 Å². The summed E-state index contributed by atoms with van der Waals surface area (Å²) in [7, 11) is -3.14. The summed E-state index contributed by atoms with van der Waals surface area (Å²) in [6, 6.07) is 6.84. The second-order valence-corrected chi connectivity index (χ2v) is 7.96. The first-order valence-corrected chi connectivity index (χ1v) is 8.26. The molecule has 1 heterocycles. The Hall–Kier alpha value is -1.69. The van der Waals surface area contributed by atoms with Crippen molar-refractivity contribution in [2.45, 2.75) is 37.5 Å². The van der Waals surface area contributed by atoms with Gasteiger partial charge in [0.1, 0.15) is 5.82 Å². The summed E-state index contributed by atoms with van der Waals surface area (Å²) in [5.41, 5.74) is 0.906. The third kappa shape index (κ3) is 3.45. The van der Waals surface area contributed by atoms with Crippen molar-refractivity contribution in [2.75, 3.05) is 6.26 Å². The zero-order valence-electron chi connectivity index (χ0n) is 12.1. The average Bonchev–Trinajstić information content (AvgIpc) is 2.77. The van der Waals surface area contributed by atoms with Crippen LogP contribution in [0.5, 0.6) is 0 Å². The molecule has 0 unspecified atom stereocenters. The van der Waals surface area contributed by atoms with Crippen molar-refractivity contribution < 1.29 is 8.42 Å². The Morgan fingerprint density at radius 3 is 2.20 bits per heavy atom. The van der Waals surface area contributed by atoms with Crippen molar-refractivity contribution in [2.24, 2.45) is 0 Å². The quantitative estimate of drug-likeness (QED) is 0.940. The molecule has 0 aliphatic heterocycles. The molecule has 6 heteroatoms. The third-order valence-corrected chi connectivity index (χ3v) is 4.05. The number of aromatic amines is 1. The Morgan fingerprint density at radius 1 is 1.15 bits per heavy atom. The van der Waals surface area contributed by atoms with E-state index in [-0.39, 0.29) is 5.41 Å². The lowest BCUT2D eigenvalue weighted by Crippen LogP contribution is -2.13. The highest BCUT2D eigenvalue weighted by atomic mass is 32.2. The molecule has 1 N–H and O–H groups in total. The Balaban J connectivity index is 2.17. The highest BCUT2D eigenvalue weighted by Gasteiger charge is 2.19. The van der Waals surface area contributed by atoms with E-state index in [1.54, 1.807) is 24.3 Å². The fourth-order valence-corrected chi connectivity index (χ4v) is 2.39. The van der Waals surface area contributed by atoms with Gasteiger partial charge in [-0.15, -0.1) is 0 Å². The largest absolute Gasteiger partial charge is 0.263 e. The average molecular weight is 293 g/mol. The molecular formula is C14H19N3O2S. The van der Waals surface area contributed by atoms with E-state index in [4.69, 9.17) is 0 Å². The maximum Gasteiger partial charge on any atom is 0.175 e. The first-order valence-electron chi connectivity index (χ1n) is 6.37. The molecule has 1 aromatic carbocycles. The first kappa shape index (κ1) is 14.7. The van der Waals surface area contributed by atoms with Gasteiger partial charge in [0.15, 0.2) is 15.7 Å². The summed E-state index contributed by atoms with van der Waals surface area (Å²) >= 11 is 0. The second-order valence-electron chi connectivity index (χ2n) is 5.95. The maximum atomic E-state index is 11.4. The molecule has 0 atom stereocenters. The van der Waals surface area contributed by atoms with E-state index < -0.39 is 9.84 Å². The second kappa shape index (κ2) is 5.01. The van der Waals surface area contributed by atoms with E-state index in [2.05, 4.69) is 36.0 Å². The molecular weight excluding hydrogens is 274 g/mol. The standard InChI is InChI=1S/C14H19N3O2S/c1-14(2,3)13-15-12(16-17-13)9-10-5-7-11(8-6-10)20(4,18)19/h5-8H,9H2,1-4H3,(H,15,16,17). The molecule has 0 aliphatic carbocycles. The summed E-state index contributed by atoms with van der Waals surface area (Å²) in [5.74, 6) is 1.56. The summed E-state index contributed by atoms with van der Waals surface area (Å²) in [6.07, 6.45) is 1.81. The lowest BCUT2D eigenvalue weighted by Gasteiger charge is -2.11. The van der Waals surface area contributed by atoms with Crippen molar-refractivity contribution in [3.05, 3.63) is 41.5 Å². The summed E-state index contributed by atoms with van der Waals surface area (Å²) in [6.45, 7) is 6.17. The van der Waals surface area contributed by atoms with Gasteiger partial charge in [0, 0.05) is 18.1 Å². The molecule has 0 saturated heterocycles. The minimum atomic E-state index is -3.14. The van der Waals surface area contributed by atoms with E-state index in [0.717, 1.165) is 17.2 Å². The van der Waals surface area contributed by atoms with Crippen LogP contribution in [-0.2, 0) is 21.7 Å². The van der Waals surface area contributed by atoms with Gasteiger partial charge in [-0.2, -0.15) is 5.10 Å². The van der Waals surface area contributed by atoms with Gasteiger partial charge in [0.2, 0.25) is 0 Å². The van der Waals surface area contributed by atoms with Gasteiger partial charge in [-0.05, 0) is 17.7 Å². The number of sulfone groups is 1. The van der Waals surface area contributed by atoms with E-state index in [9.17, 15) is 8.42 Å². The van der Waals surface area contributed by atoms with Gasteiger partial charge in [-0.25, -0.2) is 13.4 Å². The molecule has 0 radical (unpaired) electrons. The van der Waals surface area contributed by atoms with Crippen molar-refractivity contribution >= 4 is 9.84 Å². The maximum absolute atomic E-state index is 11.4. The van der Waals surface area contributed by atoms with Crippen LogP contribution >= 0.6 is 0 Å². The number of nitrogens with one attached hydrogen (secondary N) is 1. The molecule has 1 aromatic heterocycles. The third-order valence-electron chi connectivity index (χ3n) is 2.93. The predicted molar refractivity (Wildman–Crippen MR) is 77.4 cm³/mol. The van der Waals surface area contributed by atoms with Crippen molar-refractivity contribution in [3.63, 3.8) is 0 Å². The van der Waals surface area contributed by atoms with Crippen LogP contribution in [-0.4, -0.2) is 29.9 Å². The number of aromatic nitrogens is 3. The van der Waals surface area contributed by atoms with E-state index in [1.165, 1.54) is 6.26 Å². The van der Waals surface area contributed by atoms with Crippen molar-refractivity contribution in [1.29, 1.82) is 0 Å². The van der Waals surface area contributed by atoms with Crippen LogP contribution in [0, 0.1) is 0 Å². The highest BCUT2D eigenvalue weighted by molar-refractivity contribution is 7.90. The molecule has 0 bridgehead atoms. The van der Waals surface area contributed by atoms with Crippen LogP contribution in [0.3, 0.4) is 0 Å². The summed E-state index contributed by atoms with van der Waals surface area (Å²) < 4.78 is 22.8.